The first-order chi connectivity index (χ1) is 9.97. The third kappa shape index (κ3) is 4.72. The molecule has 1 aromatic rings. The highest BCUT2D eigenvalue weighted by Crippen LogP contribution is 2.32. The SMILES string of the molecule is CC(C)CNCc1ccc(Br)cc1N1CCC(C)CC1C. The van der Waals surface area contributed by atoms with Gasteiger partial charge in [0.05, 0.1) is 0 Å². The summed E-state index contributed by atoms with van der Waals surface area (Å²) in [6.45, 7) is 12.5. The minimum atomic E-state index is 0.631. The first kappa shape index (κ1) is 16.8. The van der Waals surface area contributed by atoms with Gasteiger partial charge in [-0.1, -0.05) is 42.8 Å². The Morgan fingerprint density at radius 2 is 2.10 bits per heavy atom. The van der Waals surface area contributed by atoms with Crippen molar-refractivity contribution in [3.8, 4) is 0 Å². The largest absolute Gasteiger partial charge is 0.369 e. The van der Waals surface area contributed by atoms with Crippen molar-refractivity contribution in [3.05, 3.63) is 28.2 Å². The molecular weight excluding hydrogens is 324 g/mol. The number of anilines is 1. The summed E-state index contributed by atoms with van der Waals surface area (Å²) in [6, 6.07) is 7.34. The Morgan fingerprint density at radius 3 is 2.76 bits per heavy atom. The molecule has 21 heavy (non-hydrogen) atoms. The van der Waals surface area contributed by atoms with Crippen molar-refractivity contribution in [2.45, 2.75) is 53.1 Å². The van der Waals surface area contributed by atoms with Crippen LogP contribution in [0.1, 0.15) is 46.1 Å². The minimum Gasteiger partial charge on any atom is -0.369 e. The molecule has 1 aromatic carbocycles. The van der Waals surface area contributed by atoms with Crippen LogP contribution in [0.4, 0.5) is 5.69 Å². The molecule has 0 spiro atoms. The molecule has 0 bridgehead atoms. The molecule has 2 rings (SSSR count). The molecule has 0 aromatic heterocycles. The lowest BCUT2D eigenvalue weighted by Gasteiger charge is -2.39. The van der Waals surface area contributed by atoms with E-state index in [1.54, 1.807) is 0 Å². The van der Waals surface area contributed by atoms with Gasteiger partial charge in [-0.15, -0.1) is 0 Å². The highest BCUT2D eigenvalue weighted by atomic mass is 79.9. The van der Waals surface area contributed by atoms with Gasteiger partial charge in [-0.2, -0.15) is 0 Å². The van der Waals surface area contributed by atoms with Crippen LogP contribution in [0, 0.1) is 11.8 Å². The number of hydrogen-bond acceptors (Lipinski definition) is 2. The van der Waals surface area contributed by atoms with Crippen LogP contribution in [-0.2, 0) is 6.54 Å². The lowest BCUT2D eigenvalue weighted by atomic mass is 9.92. The molecule has 0 radical (unpaired) electrons. The van der Waals surface area contributed by atoms with Gasteiger partial charge in [0.2, 0.25) is 0 Å². The second-order valence-electron chi connectivity index (χ2n) is 6.97. The molecule has 2 atom stereocenters. The summed E-state index contributed by atoms with van der Waals surface area (Å²) < 4.78 is 1.18. The Bertz CT molecular complexity index is 459. The van der Waals surface area contributed by atoms with E-state index in [4.69, 9.17) is 0 Å². The summed E-state index contributed by atoms with van der Waals surface area (Å²) >= 11 is 3.64. The summed E-state index contributed by atoms with van der Waals surface area (Å²) in [7, 11) is 0. The average Bonchev–Trinajstić information content (AvgIpc) is 2.40. The number of hydrogen-bond donors (Lipinski definition) is 1. The number of piperidine rings is 1. The van der Waals surface area contributed by atoms with Crippen LogP contribution in [0.5, 0.6) is 0 Å². The molecule has 0 aliphatic carbocycles. The molecule has 1 fully saturated rings. The monoisotopic (exact) mass is 352 g/mol. The summed E-state index contributed by atoms with van der Waals surface area (Å²) in [6.07, 6.45) is 2.60. The molecule has 1 aliphatic rings. The van der Waals surface area contributed by atoms with E-state index in [0.717, 1.165) is 19.0 Å². The van der Waals surface area contributed by atoms with E-state index in [0.29, 0.717) is 12.0 Å². The Kier molecular flexibility index (Phi) is 6.12. The van der Waals surface area contributed by atoms with E-state index < -0.39 is 0 Å². The zero-order chi connectivity index (χ0) is 15.4. The van der Waals surface area contributed by atoms with Crippen LogP contribution < -0.4 is 10.2 Å². The van der Waals surface area contributed by atoms with Crippen LogP contribution in [0.3, 0.4) is 0 Å². The molecule has 2 unspecified atom stereocenters. The molecule has 1 saturated heterocycles. The van der Waals surface area contributed by atoms with Crippen LogP contribution in [-0.4, -0.2) is 19.1 Å². The van der Waals surface area contributed by atoms with Crippen LogP contribution in [0.15, 0.2) is 22.7 Å². The molecule has 1 heterocycles. The molecule has 3 heteroatoms. The standard InChI is InChI=1S/C18H29BrN2/c1-13(2)11-20-12-16-5-6-17(19)10-18(16)21-8-7-14(3)9-15(21)4/h5-6,10,13-15,20H,7-9,11-12H2,1-4H3. The average molecular weight is 353 g/mol. The maximum absolute atomic E-state index is 3.64. The smallest absolute Gasteiger partial charge is 0.0425 e. The highest BCUT2D eigenvalue weighted by molar-refractivity contribution is 9.10. The highest BCUT2D eigenvalue weighted by Gasteiger charge is 2.24. The zero-order valence-corrected chi connectivity index (χ0v) is 15.4. The third-order valence-electron chi connectivity index (χ3n) is 4.36. The predicted octanol–water partition coefficient (Wildman–Crippen LogP) is 4.82. The molecular formula is C18H29BrN2. The van der Waals surface area contributed by atoms with Crippen molar-refractivity contribution >= 4 is 21.6 Å². The lowest BCUT2D eigenvalue weighted by Crippen LogP contribution is -2.41. The molecule has 0 amide bonds. The normalized spacial score (nSPS) is 22.9. The van der Waals surface area contributed by atoms with Crippen LogP contribution in [0.2, 0.25) is 0 Å². The van der Waals surface area contributed by atoms with Crippen molar-refractivity contribution in [2.24, 2.45) is 11.8 Å². The number of nitrogens with one attached hydrogen (secondary N) is 1. The molecule has 1 aliphatic heterocycles. The Morgan fingerprint density at radius 1 is 1.33 bits per heavy atom. The second-order valence-corrected chi connectivity index (χ2v) is 7.89. The fourth-order valence-corrected chi connectivity index (χ4v) is 3.56. The van der Waals surface area contributed by atoms with E-state index in [1.165, 1.54) is 35.1 Å². The minimum absolute atomic E-state index is 0.631. The fourth-order valence-electron chi connectivity index (χ4n) is 3.21. The number of benzene rings is 1. The van der Waals surface area contributed by atoms with Gasteiger partial charge in [0, 0.05) is 29.3 Å². The maximum atomic E-state index is 3.64. The second kappa shape index (κ2) is 7.64. The van der Waals surface area contributed by atoms with E-state index in [-0.39, 0.29) is 0 Å². The van der Waals surface area contributed by atoms with Gasteiger partial charge in [0.25, 0.3) is 0 Å². The van der Waals surface area contributed by atoms with Crippen molar-refractivity contribution in [2.75, 3.05) is 18.0 Å². The van der Waals surface area contributed by atoms with Gasteiger partial charge in [-0.05, 0) is 55.8 Å². The van der Waals surface area contributed by atoms with E-state index in [1.807, 2.05) is 0 Å². The summed E-state index contributed by atoms with van der Waals surface area (Å²) in [5.74, 6) is 1.55. The van der Waals surface area contributed by atoms with Crippen LogP contribution in [0.25, 0.3) is 0 Å². The van der Waals surface area contributed by atoms with E-state index in [9.17, 15) is 0 Å². The Hall–Kier alpha value is -0.540. The molecule has 118 valence electrons. The van der Waals surface area contributed by atoms with Gasteiger partial charge < -0.3 is 10.2 Å². The Balaban J connectivity index is 2.14. The first-order valence-electron chi connectivity index (χ1n) is 8.23. The van der Waals surface area contributed by atoms with Gasteiger partial charge in [0.1, 0.15) is 0 Å². The summed E-state index contributed by atoms with van der Waals surface area (Å²) in [4.78, 5) is 2.59. The number of halogens is 1. The summed E-state index contributed by atoms with van der Waals surface area (Å²) in [5, 5.41) is 3.58. The van der Waals surface area contributed by atoms with Gasteiger partial charge >= 0.3 is 0 Å². The van der Waals surface area contributed by atoms with Crippen molar-refractivity contribution in [1.29, 1.82) is 0 Å². The van der Waals surface area contributed by atoms with Gasteiger partial charge in [-0.3, -0.25) is 0 Å². The quantitative estimate of drug-likeness (QED) is 0.816. The lowest BCUT2D eigenvalue weighted by molar-refractivity contribution is 0.377. The fraction of sp³-hybridized carbons (Fsp3) is 0.667. The third-order valence-corrected chi connectivity index (χ3v) is 4.86. The number of rotatable bonds is 5. The molecule has 2 nitrogen and oxygen atoms in total. The maximum Gasteiger partial charge on any atom is 0.0425 e. The topological polar surface area (TPSA) is 15.3 Å². The molecule has 1 N–H and O–H groups in total. The molecule has 0 saturated carbocycles. The number of nitrogens with zero attached hydrogens (tertiary/aromatic N) is 1. The van der Waals surface area contributed by atoms with Gasteiger partial charge in [-0.25, -0.2) is 0 Å². The Labute approximate surface area is 138 Å². The van der Waals surface area contributed by atoms with Gasteiger partial charge in [0.15, 0.2) is 0 Å². The van der Waals surface area contributed by atoms with Crippen molar-refractivity contribution in [3.63, 3.8) is 0 Å². The zero-order valence-electron chi connectivity index (χ0n) is 13.8. The van der Waals surface area contributed by atoms with Crippen molar-refractivity contribution < 1.29 is 0 Å². The first-order valence-corrected chi connectivity index (χ1v) is 9.02. The van der Waals surface area contributed by atoms with E-state index >= 15 is 0 Å². The van der Waals surface area contributed by atoms with Crippen molar-refractivity contribution in [1.82, 2.24) is 5.32 Å². The van der Waals surface area contributed by atoms with E-state index in [2.05, 4.69) is 72.0 Å². The predicted molar refractivity (Wildman–Crippen MR) is 95.9 cm³/mol. The van der Waals surface area contributed by atoms with Crippen LogP contribution >= 0.6 is 15.9 Å². The summed E-state index contributed by atoms with van der Waals surface area (Å²) in [5.41, 5.74) is 2.82.